The van der Waals surface area contributed by atoms with E-state index in [-0.39, 0.29) is 19.1 Å². The van der Waals surface area contributed by atoms with Gasteiger partial charge in [0.2, 0.25) is 5.91 Å². The minimum atomic E-state index is -4.56. The Morgan fingerprint density at radius 2 is 1.05 bits per heavy atom. The number of amides is 1. The van der Waals surface area contributed by atoms with Crippen molar-refractivity contribution in [2.45, 2.75) is 225 Å². The number of likely N-dealkylation sites (N-methyl/N-ethyl adjacent to an activating group) is 1. The minimum absolute atomic E-state index is 0.0111. The van der Waals surface area contributed by atoms with Gasteiger partial charge in [-0.1, -0.05) is 186 Å². The van der Waals surface area contributed by atoms with Crippen LogP contribution >= 0.6 is 7.82 Å². The van der Waals surface area contributed by atoms with E-state index in [1.165, 1.54) is 135 Å². The summed E-state index contributed by atoms with van der Waals surface area (Å²) in [5.41, 5.74) is 0. The zero-order chi connectivity index (χ0) is 40.7. The van der Waals surface area contributed by atoms with E-state index >= 15 is 0 Å². The number of carbonyl (C=O) groups excluding carboxylic acids is 1. The molecule has 0 aliphatic heterocycles. The van der Waals surface area contributed by atoms with Crippen molar-refractivity contribution in [1.29, 1.82) is 0 Å². The smallest absolute Gasteiger partial charge is 0.268 e. The lowest BCUT2D eigenvalue weighted by molar-refractivity contribution is -0.870. The number of allylic oxidation sites excluding steroid dienone is 4. The number of quaternary nitrogens is 1. The van der Waals surface area contributed by atoms with Crippen LogP contribution in [0.15, 0.2) is 24.3 Å². The topological polar surface area (TPSA) is 108 Å². The van der Waals surface area contributed by atoms with Crippen LogP contribution in [0.3, 0.4) is 0 Å². The predicted octanol–water partition coefficient (Wildman–Crippen LogP) is 12.3. The lowest BCUT2D eigenvalue weighted by Gasteiger charge is -2.30. The van der Waals surface area contributed by atoms with E-state index in [0.29, 0.717) is 23.9 Å². The number of nitrogens with zero attached hydrogens (tertiary/aromatic N) is 1. The SMILES string of the molecule is CCCCCC/C=C\C/C=C\CCCCCCCCCC(=O)NC(COP(=O)([O-])OCC[N+](C)(C)C)C(O)CCCCCCCCCCCCCCCCC. The number of hydrogen-bond donors (Lipinski definition) is 2. The molecule has 3 unspecified atom stereocenters. The Morgan fingerprint density at radius 1 is 0.636 bits per heavy atom. The van der Waals surface area contributed by atoms with Crippen LogP contribution in [0.4, 0.5) is 0 Å². The largest absolute Gasteiger partial charge is 0.756 e. The van der Waals surface area contributed by atoms with E-state index in [1.807, 2.05) is 21.1 Å². The number of phosphoric ester groups is 1. The fraction of sp³-hybridized carbons (Fsp3) is 0.891. The highest BCUT2D eigenvalue weighted by atomic mass is 31.2. The molecular weight excluding hydrogens is 707 g/mol. The highest BCUT2D eigenvalue weighted by Crippen LogP contribution is 2.38. The van der Waals surface area contributed by atoms with Crippen molar-refractivity contribution in [3.63, 3.8) is 0 Å². The molecule has 0 saturated heterocycles. The van der Waals surface area contributed by atoms with Crippen LogP contribution in [0.5, 0.6) is 0 Å². The zero-order valence-corrected chi connectivity index (χ0v) is 37.8. The van der Waals surface area contributed by atoms with Crippen LogP contribution in [0, 0.1) is 0 Å². The van der Waals surface area contributed by atoms with E-state index in [1.54, 1.807) is 0 Å². The highest BCUT2D eigenvalue weighted by Gasteiger charge is 2.24. The van der Waals surface area contributed by atoms with Gasteiger partial charge < -0.3 is 28.8 Å². The second-order valence-electron chi connectivity index (χ2n) is 17.1. The summed E-state index contributed by atoms with van der Waals surface area (Å²) in [7, 11) is 1.30. The van der Waals surface area contributed by atoms with Crippen molar-refractivity contribution in [2.24, 2.45) is 0 Å². The fourth-order valence-corrected chi connectivity index (χ4v) is 7.44. The second-order valence-corrected chi connectivity index (χ2v) is 18.5. The van der Waals surface area contributed by atoms with Gasteiger partial charge in [-0.15, -0.1) is 0 Å². The van der Waals surface area contributed by atoms with Gasteiger partial charge in [0.05, 0.1) is 39.9 Å². The molecule has 55 heavy (non-hydrogen) atoms. The first kappa shape index (κ1) is 54.0. The predicted molar refractivity (Wildman–Crippen MR) is 233 cm³/mol. The number of carbonyl (C=O) groups is 1. The molecular formula is C46H91N2O6P. The summed E-state index contributed by atoms with van der Waals surface area (Å²) < 4.78 is 23.3. The van der Waals surface area contributed by atoms with Gasteiger partial charge in [-0.25, -0.2) is 0 Å². The number of aliphatic hydroxyl groups is 1. The van der Waals surface area contributed by atoms with E-state index in [2.05, 4.69) is 43.5 Å². The van der Waals surface area contributed by atoms with Gasteiger partial charge in [-0.05, 0) is 44.9 Å². The van der Waals surface area contributed by atoms with Gasteiger partial charge in [0.15, 0.2) is 0 Å². The maximum atomic E-state index is 12.9. The lowest BCUT2D eigenvalue weighted by Crippen LogP contribution is -2.46. The summed E-state index contributed by atoms with van der Waals surface area (Å²) in [6, 6.07) is -0.802. The van der Waals surface area contributed by atoms with E-state index in [0.717, 1.165) is 51.4 Å². The first-order valence-corrected chi connectivity index (χ1v) is 24.6. The minimum Gasteiger partial charge on any atom is -0.756 e. The Kier molecular flexibility index (Phi) is 37.8. The quantitative estimate of drug-likeness (QED) is 0.0276. The standard InChI is InChI=1S/C46H91N2O6P/c1-6-8-10-12-14-16-18-20-22-23-24-26-28-30-32-34-36-38-40-46(50)47-44(43-54-55(51,52)53-42-41-48(3,4)5)45(49)39-37-35-33-31-29-27-25-21-19-17-15-13-11-9-7-2/h16,18,22-23,44-45,49H,6-15,17,19-21,24-43H2,1-5H3,(H-,47,50,51,52)/b18-16-,23-22-. The molecule has 0 aliphatic rings. The summed E-state index contributed by atoms with van der Waals surface area (Å²) in [6.45, 7) is 4.70. The summed E-state index contributed by atoms with van der Waals surface area (Å²) in [4.78, 5) is 25.3. The van der Waals surface area contributed by atoms with Crippen LogP contribution in [-0.2, 0) is 18.4 Å². The third kappa shape index (κ3) is 41.0. The molecule has 8 nitrogen and oxygen atoms in total. The number of rotatable bonds is 42. The molecule has 2 N–H and O–H groups in total. The number of hydrogen-bond acceptors (Lipinski definition) is 6. The molecule has 9 heteroatoms. The molecule has 0 radical (unpaired) electrons. The van der Waals surface area contributed by atoms with Gasteiger partial charge in [-0.2, -0.15) is 0 Å². The first-order valence-electron chi connectivity index (χ1n) is 23.2. The first-order chi connectivity index (χ1) is 26.5. The monoisotopic (exact) mass is 799 g/mol. The molecule has 0 heterocycles. The van der Waals surface area contributed by atoms with Crippen LogP contribution in [0.1, 0.15) is 213 Å². The van der Waals surface area contributed by atoms with Crippen molar-refractivity contribution >= 4 is 13.7 Å². The van der Waals surface area contributed by atoms with E-state index in [4.69, 9.17) is 9.05 Å². The third-order valence-corrected chi connectivity index (χ3v) is 11.4. The van der Waals surface area contributed by atoms with Crippen molar-refractivity contribution < 1.29 is 32.9 Å². The van der Waals surface area contributed by atoms with Crippen molar-refractivity contribution in [1.82, 2.24) is 5.32 Å². The molecule has 0 bridgehead atoms. The van der Waals surface area contributed by atoms with Gasteiger partial charge in [0.25, 0.3) is 7.82 Å². The second kappa shape index (κ2) is 38.5. The fourth-order valence-electron chi connectivity index (χ4n) is 6.72. The maximum absolute atomic E-state index is 12.9. The summed E-state index contributed by atoms with van der Waals surface area (Å²) in [5, 5.41) is 13.9. The molecule has 0 saturated carbocycles. The van der Waals surface area contributed by atoms with Crippen molar-refractivity contribution in [3.05, 3.63) is 24.3 Å². The number of nitrogens with one attached hydrogen (secondary N) is 1. The Hall–Kier alpha value is -1.02. The number of aliphatic hydroxyl groups excluding tert-OH is 1. The van der Waals surface area contributed by atoms with Gasteiger partial charge in [0, 0.05) is 6.42 Å². The molecule has 3 atom stereocenters. The summed E-state index contributed by atoms with van der Waals surface area (Å²) in [6.07, 6.45) is 44.6. The van der Waals surface area contributed by atoms with Gasteiger partial charge in [0.1, 0.15) is 13.2 Å². The maximum Gasteiger partial charge on any atom is 0.268 e. The lowest BCUT2D eigenvalue weighted by atomic mass is 10.0. The Balaban J connectivity index is 4.35. The summed E-state index contributed by atoms with van der Waals surface area (Å²) >= 11 is 0. The van der Waals surface area contributed by atoms with E-state index < -0.39 is 20.0 Å². The molecule has 0 spiro atoms. The molecule has 0 rings (SSSR count). The molecule has 0 aromatic rings. The van der Waals surface area contributed by atoms with Crippen LogP contribution < -0.4 is 10.2 Å². The van der Waals surface area contributed by atoms with Crippen molar-refractivity contribution in [3.8, 4) is 0 Å². The Morgan fingerprint density at radius 3 is 1.53 bits per heavy atom. The zero-order valence-electron chi connectivity index (χ0n) is 36.9. The van der Waals surface area contributed by atoms with Gasteiger partial charge in [-0.3, -0.25) is 9.36 Å². The third-order valence-electron chi connectivity index (χ3n) is 10.4. The average molecular weight is 799 g/mol. The van der Waals surface area contributed by atoms with Crippen LogP contribution in [0.2, 0.25) is 0 Å². The van der Waals surface area contributed by atoms with E-state index in [9.17, 15) is 19.4 Å². The van der Waals surface area contributed by atoms with Gasteiger partial charge >= 0.3 is 0 Å². The molecule has 0 aliphatic carbocycles. The van der Waals surface area contributed by atoms with Crippen LogP contribution in [-0.4, -0.2) is 68.5 Å². The summed E-state index contributed by atoms with van der Waals surface area (Å²) in [5.74, 6) is -0.172. The van der Waals surface area contributed by atoms with Crippen molar-refractivity contribution in [2.75, 3.05) is 40.9 Å². The average Bonchev–Trinajstić information content (AvgIpc) is 3.13. The number of phosphoric acid groups is 1. The normalized spacial score (nSPS) is 14.5. The molecule has 326 valence electrons. The molecule has 0 aromatic carbocycles. The highest BCUT2D eigenvalue weighted by molar-refractivity contribution is 7.45. The molecule has 0 aromatic heterocycles. The molecule has 1 amide bonds. The Bertz CT molecular complexity index is 953. The van der Waals surface area contributed by atoms with Crippen LogP contribution in [0.25, 0.3) is 0 Å². The Labute approximate surface area is 341 Å². The number of unbranched alkanes of at least 4 members (excludes halogenated alkanes) is 25. The molecule has 0 fully saturated rings.